The average Bonchev–Trinajstić information content (AvgIpc) is 3.16. The molecule has 1 amide bonds. The van der Waals surface area contributed by atoms with Crippen LogP contribution >= 0.6 is 11.3 Å². The van der Waals surface area contributed by atoms with Gasteiger partial charge in [-0.3, -0.25) is 4.79 Å². The Balaban J connectivity index is 1.77. The van der Waals surface area contributed by atoms with Crippen LogP contribution in [0.25, 0.3) is 0 Å². The van der Waals surface area contributed by atoms with E-state index >= 15 is 0 Å². The molecule has 25 heavy (non-hydrogen) atoms. The summed E-state index contributed by atoms with van der Waals surface area (Å²) in [7, 11) is 0. The Labute approximate surface area is 150 Å². The van der Waals surface area contributed by atoms with Crippen LogP contribution in [0.1, 0.15) is 38.0 Å². The lowest BCUT2D eigenvalue weighted by Gasteiger charge is -2.36. The van der Waals surface area contributed by atoms with Gasteiger partial charge in [-0.05, 0) is 47.2 Å². The number of thiophene rings is 1. The van der Waals surface area contributed by atoms with Crippen molar-refractivity contribution in [3.8, 4) is 6.07 Å². The molecule has 0 aliphatic carbocycles. The molecule has 0 saturated carbocycles. The highest BCUT2D eigenvalue weighted by molar-refractivity contribution is 7.10. The number of carbonyl (C=O) groups excluding carboxylic acids is 1. The number of rotatable bonds is 2. The third-order valence-corrected chi connectivity index (χ3v) is 5.58. The smallest absolute Gasteiger partial charge is 0.254 e. The van der Waals surface area contributed by atoms with Crippen LogP contribution in [0.2, 0.25) is 0 Å². The van der Waals surface area contributed by atoms with Gasteiger partial charge in [-0.25, -0.2) is 0 Å². The van der Waals surface area contributed by atoms with Crippen LogP contribution in [0.15, 0.2) is 66.0 Å². The molecule has 0 fully saturated rings. The summed E-state index contributed by atoms with van der Waals surface area (Å²) in [5, 5.41) is 11.2. The van der Waals surface area contributed by atoms with E-state index in [-0.39, 0.29) is 11.9 Å². The van der Waals surface area contributed by atoms with E-state index in [2.05, 4.69) is 29.6 Å². The zero-order valence-corrected chi connectivity index (χ0v) is 14.4. The zero-order chi connectivity index (χ0) is 17.2. The molecule has 3 nitrogen and oxygen atoms in total. The highest BCUT2D eigenvalue weighted by atomic mass is 32.1. The summed E-state index contributed by atoms with van der Waals surface area (Å²) in [6.07, 6.45) is 0.875. The van der Waals surface area contributed by atoms with Crippen LogP contribution in [0.3, 0.4) is 0 Å². The molecule has 2 heterocycles. The quantitative estimate of drug-likeness (QED) is 0.691. The first-order valence-electron chi connectivity index (χ1n) is 8.20. The highest BCUT2D eigenvalue weighted by Crippen LogP contribution is 2.38. The predicted octanol–water partition coefficient (Wildman–Crippen LogP) is 4.41. The lowest BCUT2D eigenvalue weighted by atomic mass is 9.92. The largest absolute Gasteiger partial charge is 0.327 e. The van der Waals surface area contributed by atoms with E-state index < -0.39 is 0 Å². The Morgan fingerprint density at radius 2 is 1.96 bits per heavy atom. The Morgan fingerprint density at radius 3 is 2.76 bits per heavy atom. The fourth-order valence-corrected chi connectivity index (χ4v) is 4.32. The summed E-state index contributed by atoms with van der Waals surface area (Å²) >= 11 is 1.76. The second-order valence-corrected chi connectivity index (χ2v) is 7.05. The van der Waals surface area contributed by atoms with Crippen LogP contribution in [-0.2, 0) is 6.42 Å². The van der Waals surface area contributed by atoms with Crippen molar-refractivity contribution in [2.75, 3.05) is 6.54 Å². The fourth-order valence-electron chi connectivity index (χ4n) is 3.42. The third-order valence-electron chi connectivity index (χ3n) is 4.58. The van der Waals surface area contributed by atoms with Crippen LogP contribution in [0.4, 0.5) is 0 Å². The van der Waals surface area contributed by atoms with Crippen LogP contribution < -0.4 is 0 Å². The summed E-state index contributed by atoms with van der Waals surface area (Å²) in [4.78, 5) is 16.5. The third kappa shape index (κ3) is 2.84. The molecule has 0 saturated heterocycles. The maximum atomic E-state index is 13.2. The molecule has 1 aliphatic rings. The molecule has 1 atom stereocenters. The van der Waals surface area contributed by atoms with E-state index in [1.54, 1.807) is 35.6 Å². The van der Waals surface area contributed by atoms with Crippen molar-refractivity contribution in [2.24, 2.45) is 0 Å². The van der Waals surface area contributed by atoms with Gasteiger partial charge in [0.2, 0.25) is 0 Å². The van der Waals surface area contributed by atoms with Gasteiger partial charge >= 0.3 is 0 Å². The molecule has 4 heteroatoms. The number of hydrogen-bond acceptors (Lipinski definition) is 3. The maximum Gasteiger partial charge on any atom is 0.254 e. The second-order valence-electron chi connectivity index (χ2n) is 6.05. The Morgan fingerprint density at radius 1 is 1.12 bits per heavy atom. The predicted molar refractivity (Wildman–Crippen MR) is 98.5 cm³/mol. The Kier molecular flexibility index (Phi) is 4.09. The van der Waals surface area contributed by atoms with Crippen molar-refractivity contribution in [3.05, 3.63) is 93.2 Å². The number of benzene rings is 2. The van der Waals surface area contributed by atoms with E-state index in [9.17, 15) is 4.79 Å². The van der Waals surface area contributed by atoms with E-state index in [0.717, 1.165) is 12.0 Å². The molecule has 4 rings (SSSR count). The monoisotopic (exact) mass is 344 g/mol. The lowest BCUT2D eigenvalue weighted by Crippen LogP contribution is -2.40. The van der Waals surface area contributed by atoms with Crippen molar-refractivity contribution < 1.29 is 4.79 Å². The zero-order valence-electron chi connectivity index (χ0n) is 13.6. The molecule has 0 N–H and O–H groups in total. The molecule has 0 spiro atoms. The number of fused-ring (bicyclic) bond motifs is 1. The Bertz CT molecular complexity index is 955. The van der Waals surface area contributed by atoms with Crippen molar-refractivity contribution in [2.45, 2.75) is 12.5 Å². The average molecular weight is 344 g/mol. The van der Waals surface area contributed by atoms with Crippen molar-refractivity contribution in [3.63, 3.8) is 0 Å². The van der Waals surface area contributed by atoms with Gasteiger partial charge in [-0.1, -0.05) is 36.4 Å². The molecule has 122 valence electrons. The van der Waals surface area contributed by atoms with Gasteiger partial charge in [-0.2, -0.15) is 5.26 Å². The summed E-state index contributed by atoms with van der Waals surface area (Å²) in [6, 6.07) is 21.3. The lowest BCUT2D eigenvalue weighted by molar-refractivity contribution is 0.0696. The summed E-state index contributed by atoms with van der Waals surface area (Å²) < 4.78 is 0. The molecule has 1 aliphatic heterocycles. The topological polar surface area (TPSA) is 44.1 Å². The second kappa shape index (κ2) is 6.54. The number of amides is 1. The van der Waals surface area contributed by atoms with Gasteiger partial charge in [0.1, 0.15) is 0 Å². The van der Waals surface area contributed by atoms with E-state index in [0.29, 0.717) is 17.7 Å². The molecule has 3 aromatic rings. The van der Waals surface area contributed by atoms with Crippen molar-refractivity contribution >= 4 is 17.2 Å². The Hall–Kier alpha value is -2.90. The van der Waals surface area contributed by atoms with Crippen LogP contribution in [0, 0.1) is 11.3 Å². The number of nitrogens with zero attached hydrogens (tertiary/aromatic N) is 2. The number of nitriles is 1. The fraction of sp³-hybridized carbons (Fsp3) is 0.143. The molecular formula is C21H16N2OS. The summed E-state index contributed by atoms with van der Waals surface area (Å²) in [5.74, 6) is -0.0252. The molecule has 0 unspecified atom stereocenters. The SMILES string of the molecule is N#Cc1cccc(C(=O)N2CCc3sccc3[C@@H]2c2ccccc2)c1. The van der Waals surface area contributed by atoms with Gasteiger partial charge in [0, 0.05) is 17.0 Å². The normalized spacial score (nSPS) is 16.1. The minimum atomic E-state index is -0.0746. The minimum Gasteiger partial charge on any atom is -0.327 e. The van der Waals surface area contributed by atoms with Gasteiger partial charge in [0.25, 0.3) is 5.91 Å². The van der Waals surface area contributed by atoms with E-state index in [1.165, 1.54) is 10.4 Å². The molecular weight excluding hydrogens is 328 g/mol. The van der Waals surface area contributed by atoms with Crippen molar-refractivity contribution in [1.29, 1.82) is 5.26 Å². The van der Waals surface area contributed by atoms with Gasteiger partial charge in [-0.15, -0.1) is 11.3 Å². The van der Waals surface area contributed by atoms with E-state index in [1.807, 2.05) is 23.1 Å². The number of hydrogen-bond donors (Lipinski definition) is 0. The highest BCUT2D eigenvalue weighted by Gasteiger charge is 2.33. The first kappa shape index (κ1) is 15.6. The molecule has 0 bridgehead atoms. The standard InChI is InChI=1S/C21H16N2OS/c22-14-15-5-4-8-17(13-15)21(24)23-11-9-19-18(10-12-25-19)20(23)16-6-2-1-3-7-16/h1-8,10,12-13,20H,9,11H2/t20-/m0/s1. The molecule has 0 radical (unpaired) electrons. The first-order chi connectivity index (χ1) is 12.3. The molecule has 2 aromatic carbocycles. The van der Waals surface area contributed by atoms with Crippen molar-refractivity contribution in [1.82, 2.24) is 4.90 Å². The molecule has 1 aromatic heterocycles. The maximum absolute atomic E-state index is 13.2. The summed E-state index contributed by atoms with van der Waals surface area (Å²) in [6.45, 7) is 0.683. The first-order valence-corrected chi connectivity index (χ1v) is 9.08. The van der Waals surface area contributed by atoms with Gasteiger partial charge < -0.3 is 4.90 Å². The van der Waals surface area contributed by atoms with E-state index in [4.69, 9.17) is 5.26 Å². The summed E-state index contributed by atoms with van der Waals surface area (Å²) in [5.41, 5.74) is 3.41. The number of carbonyl (C=O) groups is 1. The van der Waals surface area contributed by atoms with Gasteiger partial charge in [0.15, 0.2) is 0 Å². The minimum absolute atomic E-state index is 0.0252. The van der Waals surface area contributed by atoms with Gasteiger partial charge in [0.05, 0.1) is 17.7 Å². The van der Waals surface area contributed by atoms with Crippen LogP contribution in [0.5, 0.6) is 0 Å². The van der Waals surface area contributed by atoms with Crippen LogP contribution in [-0.4, -0.2) is 17.4 Å².